The molecule has 0 bridgehead atoms. The van der Waals surface area contributed by atoms with Gasteiger partial charge in [0.05, 0.1) is 0 Å². The van der Waals surface area contributed by atoms with Crippen molar-refractivity contribution in [1.82, 2.24) is 4.90 Å². The van der Waals surface area contributed by atoms with Crippen molar-refractivity contribution in [3.63, 3.8) is 0 Å². The van der Waals surface area contributed by atoms with Crippen LogP contribution in [0.1, 0.15) is 19.8 Å². The smallest absolute Gasteiger partial charge is 0.165 e. The SMILES string of the molecule is CCCCN(C)CCOc1ccccc1F. The first kappa shape index (κ1) is 13.0. The second kappa shape index (κ2) is 7.23. The molecule has 0 heterocycles. The van der Waals surface area contributed by atoms with E-state index < -0.39 is 0 Å². The lowest BCUT2D eigenvalue weighted by Crippen LogP contribution is -2.25. The molecule has 0 atom stereocenters. The maximum absolute atomic E-state index is 13.2. The second-order valence-corrected chi connectivity index (χ2v) is 3.94. The third-order valence-corrected chi connectivity index (χ3v) is 2.46. The van der Waals surface area contributed by atoms with E-state index in [-0.39, 0.29) is 5.82 Å². The van der Waals surface area contributed by atoms with E-state index in [1.807, 2.05) is 0 Å². The molecule has 0 unspecified atom stereocenters. The highest BCUT2D eigenvalue weighted by Gasteiger charge is 2.02. The van der Waals surface area contributed by atoms with Crippen LogP contribution in [0, 0.1) is 5.82 Å². The molecule has 1 aromatic carbocycles. The second-order valence-electron chi connectivity index (χ2n) is 3.94. The lowest BCUT2D eigenvalue weighted by atomic mass is 10.3. The van der Waals surface area contributed by atoms with E-state index in [2.05, 4.69) is 18.9 Å². The summed E-state index contributed by atoms with van der Waals surface area (Å²) in [5, 5.41) is 0. The summed E-state index contributed by atoms with van der Waals surface area (Å²) in [6, 6.07) is 6.51. The Balaban J connectivity index is 2.23. The van der Waals surface area contributed by atoms with Gasteiger partial charge in [-0.3, -0.25) is 0 Å². The maximum atomic E-state index is 13.2. The largest absolute Gasteiger partial charge is 0.489 e. The summed E-state index contributed by atoms with van der Waals surface area (Å²) in [7, 11) is 2.06. The lowest BCUT2D eigenvalue weighted by molar-refractivity contribution is 0.229. The summed E-state index contributed by atoms with van der Waals surface area (Å²) in [4.78, 5) is 2.20. The van der Waals surface area contributed by atoms with Crippen molar-refractivity contribution >= 4 is 0 Å². The number of halogens is 1. The minimum atomic E-state index is -0.293. The molecule has 0 aliphatic rings. The van der Waals surface area contributed by atoms with Crippen molar-refractivity contribution in [1.29, 1.82) is 0 Å². The van der Waals surface area contributed by atoms with Crippen LogP contribution in [0.5, 0.6) is 5.75 Å². The first-order chi connectivity index (χ1) is 7.74. The number of hydrogen-bond acceptors (Lipinski definition) is 2. The highest BCUT2D eigenvalue weighted by atomic mass is 19.1. The lowest BCUT2D eigenvalue weighted by Gasteiger charge is -2.16. The molecule has 1 aromatic rings. The zero-order valence-electron chi connectivity index (χ0n) is 10.1. The third-order valence-electron chi connectivity index (χ3n) is 2.46. The van der Waals surface area contributed by atoms with E-state index in [0.717, 1.165) is 13.1 Å². The molecule has 0 N–H and O–H groups in total. The molecule has 0 spiro atoms. The zero-order valence-corrected chi connectivity index (χ0v) is 10.1. The van der Waals surface area contributed by atoms with Gasteiger partial charge in [0.2, 0.25) is 0 Å². The standard InChI is InChI=1S/C13H20FNO/c1-3-4-9-15(2)10-11-16-13-8-6-5-7-12(13)14/h5-8H,3-4,9-11H2,1-2H3. The van der Waals surface area contributed by atoms with E-state index in [4.69, 9.17) is 4.74 Å². The molecule has 0 aliphatic carbocycles. The maximum Gasteiger partial charge on any atom is 0.165 e. The summed E-state index contributed by atoms with van der Waals surface area (Å²) < 4.78 is 18.5. The number of hydrogen-bond donors (Lipinski definition) is 0. The Bertz CT molecular complexity index is 304. The summed E-state index contributed by atoms with van der Waals surface area (Å²) in [6.07, 6.45) is 2.38. The molecular weight excluding hydrogens is 205 g/mol. The Morgan fingerprint density at radius 1 is 1.25 bits per heavy atom. The molecule has 1 rings (SSSR count). The summed E-state index contributed by atoms with van der Waals surface area (Å²) >= 11 is 0. The number of rotatable bonds is 7. The molecule has 2 nitrogen and oxygen atoms in total. The van der Waals surface area contributed by atoms with Gasteiger partial charge in [-0.1, -0.05) is 25.5 Å². The highest BCUT2D eigenvalue weighted by molar-refractivity contribution is 5.23. The van der Waals surface area contributed by atoms with Crippen LogP contribution in [-0.2, 0) is 0 Å². The molecule has 0 amide bonds. The molecule has 0 radical (unpaired) electrons. The van der Waals surface area contributed by atoms with E-state index >= 15 is 0 Å². The number of unbranched alkanes of at least 4 members (excludes halogenated alkanes) is 1. The minimum absolute atomic E-state index is 0.293. The van der Waals surface area contributed by atoms with Crippen LogP contribution in [-0.4, -0.2) is 31.6 Å². The van der Waals surface area contributed by atoms with Gasteiger partial charge in [-0.2, -0.15) is 0 Å². The molecule has 16 heavy (non-hydrogen) atoms. The molecule has 0 fully saturated rings. The van der Waals surface area contributed by atoms with E-state index in [0.29, 0.717) is 12.4 Å². The summed E-state index contributed by atoms with van der Waals surface area (Å²) in [5.41, 5.74) is 0. The predicted molar refractivity (Wildman–Crippen MR) is 64.3 cm³/mol. The Labute approximate surface area is 97.0 Å². The molecule has 0 aliphatic heterocycles. The minimum Gasteiger partial charge on any atom is -0.489 e. The van der Waals surface area contributed by atoms with Crippen LogP contribution in [0.25, 0.3) is 0 Å². The van der Waals surface area contributed by atoms with Gasteiger partial charge in [0.15, 0.2) is 11.6 Å². The Kier molecular flexibility index (Phi) is 5.86. The van der Waals surface area contributed by atoms with E-state index in [1.165, 1.54) is 18.9 Å². The molecule has 3 heteroatoms. The number of para-hydroxylation sites is 1. The van der Waals surface area contributed by atoms with Crippen molar-refractivity contribution in [3.05, 3.63) is 30.1 Å². The van der Waals surface area contributed by atoms with Crippen LogP contribution in [0.15, 0.2) is 24.3 Å². The number of benzene rings is 1. The van der Waals surface area contributed by atoms with Gasteiger partial charge >= 0.3 is 0 Å². The number of likely N-dealkylation sites (N-methyl/N-ethyl adjacent to an activating group) is 1. The molecule has 0 saturated carbocycles. The van der Waals surface area contributed by atoms with Crippen LogP contribution in [0.3, 0.4) is 0 Å². The van der Waals surface area contributed by atoms with E-state index in [1.54, 1.807) is 18.2 Å². The predicted octanol–water partition coefficient (Wildman–Crippen LogP) is 2.94. The normalized spacial score (nSPS) is 10.8. The Morgan fingerprint density at radius 3 is 2.69 bits per heavy atom. The van der Waals surface area contributed by atoms with Crippen LogP contribution < -0.4 is 4.74 Å². The summed E-state index contributed by atoms with van der Waals surface area (Å²) in [6.45, 7) is 4.59. The van der Waals surface area contributed by atoms with Gasteiger partial charge in [0, 0.05) is 6.54 Å². The van der Waals surface area contributed by atoms with Crippen molar-refractivity contribution in [2.45, 2.75) is 19.8 Å². The van der Waals surface area contributed by atoms with Crippen molar-refractivity contribution in [2.75, 3.05) is 26.7 Å². The third kappa shape index (κ3) is 4.62. The van der Waals surface area contributed by atoms with Gasteiger partial charge in [0.1, 0.15) is 6.61 Å². The van der Waals surface area contributed by atoms with Crippen molar-refractivity contribution < 1.29 is 9.13 Å². The monoisotopic (exact) mass is 225 g/mol. The van der Waals surface area contributed by atoms with Gasteiger partial charge in [-0.15, -0.1) is 0 Å². The summed E-state index contributed by atoms with van der Waals surface area (Å²) in [5.74, 6) is 0.0464. The van der Waals surface area contributed by atoms with Crippen LogP contribution >= 0.6 is 0 Å². The fourth-order valence-corrected chi connectivity index (χ4v) is 1.41. The first-order valence-electron chi connectivity index (χ1n) is 5.80. The quantitative estimate of drug-likeness (QED) is 0.707. The average Bonchev–Trinajstić information content (AvgIpc) is 2.29. The zero-order chi connectivity index (χ0) is 11.8. The van der Waals surface area contributed by atoms with Crippen molar-refractivity contribution in [3.8, 4) is 5.75 Å². The highest BCUT2D eigenvalue weighted by Crippen LogP contribution is 2.14. The van der Waals surface area contributed by atoms with Gasteiger partial charge < -0.3 is 9.64 Å². The number of nitrogens with zero attached hydrogens (tertiary/aromatic N) is 1. The Hall–Kier alpha value is -1.09. The fourth-order valence-electron chi connectivity index (χ4n) is 1.41. The van der Waals surface area contributed by atoms with E-state index in [9.17, 15) is 4.39 Å². The van der Waals surface area contributed by atoms with Crippen LogP contribution in [0.2, 0.25) is 0 Å². The van der Waals surface area contributed by atoms with Crippen molar-refractivity contribution in [2.24, 2.45) is 0 Å². The van der Waals surface area contributed by atoms with Gasteiger partial charge in [-0.05, 0) is 32.1 Å². The van der Waals surface area contributed by atoms with Crippen LogP contribution in [0.4, 0.5) is 4.39 Å². The molecule has 0 saturated heterocycles. The average molecular weight is 225 g/mol. The topological polar surface area (TPSA) is 12.5 Å². The molecular formula is C13H20FNO. The Morgan fingerprint density at radius 2 is 2.00 bits per heavy atom. The fraction of sp³-hybridized carbons (Fsp3) is 0.538. The van der Waals surface area contributed by atoms with Gasteiger partial charge in [-0.25, -0.2) is 4.39 Å². The van der Waals surface area contributed by atoms with Gasteiger partial charge in [0.25, 0.3) is 0 Å². The first-order valence-corrected chi connectivity index (χ1v) is 5.80. The number of ether oxygens (including phenoxy) is 1. The molecule has 0 aromatic heterocycles. The molecule has 90 valence electrons.